The molecule has 3 aromatic rings. The first kappa shape index (κ1) is 19.5. The van der Waals surface area contributed by atoms with Crippen LogP contribution < -0.4 is 10.1 Å². The fraction of sp³-hybridized carbons (Fsp3) is 0.273. The number of aromatic nitrogens is 2. The average molecular weight is 378 g/mol. The number of para-hydroxylation sites is 1. The number of carbonyl (C=O) groups is 1. The van der Waals surface area contributed by atoms with Gasteiger partial charge >= 0.3 is 6.03 Å². The fourth-order valence-electron chi connectivity index (χ4n) is 2.78. The van der Waals surface area contributed by atoms with Gasteiger partial charge in [0.15, 0.2) is 0 Å². The van der Waals surface area contributed by atoms with Gasteiger partial charge in [0.25, 0.3) is 0 Å². The minimum atomic E-state index is -0.130. The molecule has 0 spiro atoms. The molecule has 6 nitrogen and oxygen atoms in total. The highest BCUT2D eigenvalue weighted by atomic mass is 16.5. The predicted octanol–water partition coefficient (Wildman–Crippen LogP) is 4.00. The Morgan fingerprint density at radius 2 is 1.82 bits per heavy atom. The van der Waals surface area contributed by atoms with E-state index in [-0.39, 0.29) is 12.1 Å². The van der Waals surface area contributed by atoms with Gasteiger partial charge in [-0.05, 0) is 43.7 Å². The van der Waals surface area contributed by atoms with E-state index in [0.29, 0.717) is 13.1 Å². The molecule has 1 N–H and O–H groups in total. The van der Waals surface area contributed by atoms with Gasteiger partial charge in [-0.1, -0.05) is 30.3 Å². The number of hydrogen-bond donors (Lipinski definition) is 1. The Labute approximate surface area is 165 Å². The van der Waals surface area contributed by atoms with E-state index < -0.39 is 0 Å². The van der Waals surface area contributed by atoms with Crippen molar-refractivity contribution >= 4 is 6.03 Å². The molecule has 0 fully saturated rings. The minimum Gasteiger partial charge on any atom is -0.491 e. The molecule has 3 rings (SSSR count). The van der Waals surface area contributed by atoms with Gasteiger partial charge < -0.3 is 15.0 Å². The summed E-state index contributed by atoms with van der Waals surface area (Å²) in [5, 5.41) is 7.30. The summed E-state index contributed by atoms with van der Waals surface area (Å²) in [7, 11) is 1.77. The first-order valence-electron chi connectivity index (χ1n) is 9.35. The van der Waals surface area contributed by atoms with Crippen molar-refractivity contribution in [3.8, 4) is 11.4 Å². The minimum absolute atomic E-state index is 0.130. The Kier molecular flexibility index (Phi) is 6.32. The van der Waals surface area contributed by atoms with Crippen LogP contribution in [0.1, 0.15) is 25.0 Å². The Balaban J connectivity index is 1.50. The van der Waals surface area contributed by atoms with Gasteiger partial charge in [-0.25, -0.2) is 9.48 Å². The van der Waals surface area contributed by atoms with Crippen molar-refractivity contribution in [1.82, 2.24) is 20.0 Å². The molecule has 146 valence electrons. The van der Waals surface area contributed by atoms with E-state index in [9.17, 15) is 4.79 Å². The maximum absolute atomic E-state index is 12.4. The monoisotopic (exact) mass is 378 g/mol. The molecule has 0 unspecified atom stereocenters. The van der Waals surface area contributed by atoms with Crippen molar-refractivity contribution in [2.45, 2.75) is 33.0 Å². The molecule has 0 atom stereocenters. The van der Waals surface area contributed by atoms with Crippen LogP contribution in [0, 0.1) is 0 Å². The molecule has 6 heteroatoms. The van der Waals surface area contributed by atoms with Gasteiger partial charge in [-0.3, -0.25) is 0 Å². The van der Waals surface area contributed by atoms with Crippen LogP contribution in [0.5, 0.6) is 5.75 Å². The summed E-state index contributed by atoms with van der Waals surface area (Å²) in [5.41, 5.74) is 2.98. The van der Waals surface area contributed by atoms with Crippen molar-refractivity contribution in [3.05, 3.63) is 78.1 Å². The molecule has 28 heavy (non-hydrogen) atoms. The molecular weight excluding hydrogens is 352 g/mol. The van der Waals surface area contributed by atoms with Crippen LogP contribution in [-0.4, -0.2) is 33.9 Å². The summed E-state index contributed by atoms with van der Waals surface area (Å²) in [6, 6.07) is 17.5. The molecular formula is C22H26N4O2. The lowest BCUT2D eigenvalue weighted by molar-refractivity contribution is 0.206. The standard InChI is InChI=1S/C22H26N4O2/c1-17(2)28-21-11-9-18(10-12-21)13-23-22(27)25(3)15-19-14-24-26(16-19)20-7-5-4-6-8-20/h4-12,14,16-17H,13,15H2,1-3H3,(H,23,27). The van der Waals surface area contributed by atoms with Gasteiger partial charge in [-0.2, -0.15) is 5.10 Å². The van der Waals surface area contributed by atoms with Crippen LogP contribution in [0.25, 0.3) is 5.69 Å². The highest BCUT2D eigenvalue weighted by Gasteiger charge is 2.10. The zero-order chi connectivity index (χ0) is 19.9. The third-order valence-corrected chi connectivity index (χ3v) is 4.16. The van der Waals surface area contributed by atoms with E-state index >= 15 is 0 Å². The molecule has 2 amide bonds. The van der Waals surface area contributed by atoms with Crippen molar-refractivity contribution in [2.24, 2.45) is 0 Å². The van der Waals surface area contributed by atoms with E-state index in [2.05, 4.69) is 10.4 Å². The van der Waals surface area contributed by atoms with Crippen LogP contribution in [0.2, 0.25) is 0 Å². The molecule has 0 saturated heterocycles. The van der Waals surface area contributed by atoms with Crippen LogP contribution in [0.4, 0.5) is 4.79 Å². The van der Waals surface area contributed by atoms with Crippen molar-refractivity contribution in [3.63, 3.8) is 0 Å². The number of benzene rings is 2. The van der Waals surface area contributed by atoms with Crippen molar-refractivity contribution in [1.29, 1.82) is 0 Å². The zero-order valence-electron chi connectivity index (χ0n) is 16.5. The number of carbonyl (C=O) groups excluding carboxylic acids is 1. The van der Waals surface area contributed by atoms with Crippen LogP contribution >= 0.6 is 0 Å². The molecule has 1 heterocycles. The number of rotatable bonds is 7. The van der Waals surface area contributed by atoms with Gasteiger partial charge in [-0.15, -0.1) is 0 Å². The van der Waals surface area contributed by atoms with E-state index in [4.69, 9.17) is 4.74 Å². The second-order valence-electron chi connectivity index (χ2n) is 6.95. The first-order valence-corrected chi connectivity index (χ1v) is 9.35. The van der Waals surface area contributed by atoms with E-state index in [1.807, 2.05) is 79.3 Å². The van der Waals surface area contributed by atoms with Gasteiger partial charge in [0.05, 0.1) is 24.5 Å². The number of nitrogens with one attached hydrogen (secondary N) is 1. The Morgan fingerprint density at radius 3 is 2.50 bits per heavy atom. The molecule has 0 aliphatic carbocycles. The summed E-state index contributed by atoms with van der Waals surface area (Å²) < 4.78 is 7.44. The Morgan fingerprint density at radius 1 is 1.11 bits per heavy atom. The predicted molar refractivity (Wildman–Crippen MR) is 109 cm³/mol. The number of nitrogens with zero attached hydrogens (tertiary/aromatic N) is 3. The van der Waals surface area contributed by atoms with Crippen LogP contribution in [0.15, 0.2) is 67.0 Å². The molecule has 0 radical (unpaired) electrons. The topological polar surface area (TPSA) is 59.4 Å². The molecule has 0 aliphatic heterocycles. The Hall–Kier alpha value is -3.28. The molecule has 0 aliphatic rings. The fourth-order valence-corrected chi connectivity index (χ4v) is 2.78. The van der Waals surface area contributed by atoms with E-state index in [1.54, 1.807) is 18.1 Å². The van der Waals surface area contributed by atoms with Crippen LogP contribution in [-0.2, 0) is 13.1 Å². The average Bonchev–Trinajstić information content (AvgIpc) is 3.16. The smallest absolute Gasteiger partial charge is 0.317 e. The van der Waals surface area contributed by atoms with Gasteiger partial charge in [0.2, 0.25) is 0 Å². The maximum atomic E-state index is 12.4. The summed E-state index contributed by atoms with van der Waals surface area (Å²) in [6.45, 7) is 4.94. The van der Waals surface area contributed by atoms with E-state index in [0.717, 1.165) is 22.6 Å². The van der Waals surface area contributed by atoms with Gasteiger partial charge in [0.1, 0.15) is 5.75 Å². The number of hydrogen-bond acceptors (Lipinski definition) is 3. The quantitative estimate of drug-likeness (QED) is 0.676. The summed E-state index contributed by atoms with van der Waals surface area (Å²) in [5.74, 6) is 0.831. The number of ether oxygens (including phenoxy) is 1. The van der Waals surface area contributed by atoms with Gasteiger partial charge in [0, 0.05) is 25.4 Å². The van der Waals surface area contributed by atoms with Crippen molar-refractivity contribution in [2.75, 3.05) is 7.05 Å². The lowest BCUT2D eigenvalue weighted by Crippen LogP contribution is -2.36. The largest absolute Gasteiger partial charge is 0.491 e. The summed E-state index contributed by atoms with van der Waals surface area (Å²) in [4.78, 5) is 14.0. The third-order valence-electron chi connectivity index (χ3n) is 4.16. The SMILES string of the molecule is CC(C)Oc1ccc(CNC(=O)N(C)Cc2cnn(-c3ccccc3)c2)cc1. The third kappa shape index (κ3) is 5.36. The lowest BCUT2D eigenvalue weighted by atomic mass is 10.2. The molecule has 0 bridgehead atoms. The summed E-state index contributed by atoms with van der Waals surface area (Å²) in [6.07, 6.45) is 3.86. The lowest BCUT2D eigenvalue weighted by Gasteiger charge is -2.17. The second kappa shape index (κ2) is 9.08. The second-order valence-corrected chi connectivity index (χ2v) is 6.95. The summed E-state index contributed by atoms with van der Waals surface area (Å²) >= 11 is 0. The van der Waals surface area contributed by atoms with Crippen molar-refractivity contribution < 1.29 is 9.53 Å². The number of urea groups is 1. The molecule has 1 aromatic heterocycles. The normalized spacial score (nSPS) is 10.7. The maximum Gasteiger partial charge on any atom is 0.317 e. The molecule has 2 aromatic carbocycles. The zero-order valence-corrected chi connectivity index (χ0v) is 16.5. The highest BCUT2D eigenvalue weighted by Crippen LogP contribution is 2.14. The highest BCUT2D eigenvalue weighted by molar-refractivity contribution is 5.73. The Bertz CT molecular complexity index is 888. The van der Waals surface area contributed by atoms with Crippen LogP contribution in [0.3, 0.4) is 0 Å². The molecule has 0 saturated carbocycles. The first-order chi connectivity index (χ1) is 13.5. The van der Waals surface area contributed by atoms with E-state index in [1.165, 1.54) is 0 Å². The number of amides is 2.